The van der Waals surface area contributed by atoms with Crippen molar-refractivity contribution in [1.82, 2.24) is 47.9 Å². The van der Waals surface area contributed by atoms with Gasteiger partial charge in [0.05, 0.1) is 21.7 Å². The van der Waals surface area contributed by atoms with E-state index in [2.05, 4.69) is 54.8 Å². The first-order chi connectivity index (χ1) is 51.3. The predicted molar refractivity (Wildman–Crippen MR) is 391 cm³/mol. The Hall–Kier alpha value is -11.1. The number of unbranched alkanes of at least 4 members (excludes halogenated alkanes) is 8. The number of aromatic hydroxyl groups is 6. The Morgan fingerprint density at radius 1 is 0.561 bits per heavy atom. The monoisotopic (exact) mass is 1510 g/mol. The van der Waals surface area contributed by atoms with Crippen molar-refractivity contribution in [3.63, 3.8) is 0 Å². The second-order valence-electron chi connectivity index (χ2n) is 26.6. The maximum Gasteiger partial charge on any atom is 0.248 e. The minimum absolute atomic E-state index is 0.0186. The van der Waals surface area contributed by atoms with Crippen molar-refractivity contribution in [1.29, 1.82) is 0 Å². The smallest absolute Gasteiger partial charge is 0.248 e. The number of phenols is 6. The Morgan fingerprint density at radius 3 is 1.84 bits per heavy atom. The van der Waals surface area contributed by atoms with Crippen molar-refractivity contribution in [2.75, 3.05) is 20.1 Å². The van der Waals surface area contributed by atoms with E-state index < -0.39 is 154 Å². The van der Waals surface area contributed by atoms with Crippen molar-refractivity contribution in [3.8, 4) is 80.1 Å². The Kier molecular flexibility index (Phi) is 24.5. The Bertz CT molecular complexity index is 4600. The fourth-order valence-corrected chi connectivity index (χ4v) is 13.7. The van der Waals surface area contributed by atoms with Crippen LogP contribution in [0.5, 0.6) is 69.0 Å². The van der Waals surface area contributed by atoms with Gasteiger partial charge >= 0.3 is 0 Å². The summed E-state index contributed by atoms with van der Waals surface area (Å²) in [5, 5.41) is 108. The van der Waals surface area contributed by atoms with E-state index in [4.69, 9.17) is 48.9 Å². The van der Waals surface area contributed by atoms with Gasteiger partial charge in [-0.05, 0) is 150 Å². The molecule has 564 valence electrons. The van der Waals surface area contributed by atoms with Crippen LogP contribution in [0, 0.1) is 0 Å². The Balaban J connectivity index is 1.08. The average molecular weight is 1510 g/mol. The molecule has 17 bridgehead atoms. The molecule has 7 aromatic carbocycles. The normalized spacial score (nSPS) is 20.2. The molecule has 29 nitrogen and oxygen atoms in total. The lowest BCUT2D eigenvalue weighted by Gasteiger charge is -2.32. The van der Waals surface area contributed by atoms with Crippen molar-refractivity contribution in [2.45, 2.75) is 145 Å². The van der Waals surface area contributed by atoms with Crippen molar-refractivity contribution >= 4 is 70.5 Å². The highest BCUT2D eigenvalue weighted by atomic mass is 35.5. The molecule has 7 aromatic rings. The summed E-state index contributed by atoms with van der Waals surface area (Å²) >= 11 is 14.0. The zero-order chi connectivity index (χ0) is 76.5. The summed E-state index contributed by atoms with van der Waals surface area (Å²) in [4.78, 5) is 122. The lowest BCUT2D eigenvalue weighted by atomic mass is 9.87. The summed E-state index contributed by atoms with van der Waals surface area (Å²) < 4.78 is 18.8. The summed E-state index contributed by atoms with van der Waals surface area (Å²) in [6.45, 7) is 2.76. The Morgan fingerprint density at radius 2 is 1.17 bits per heavy atom. The first-order valence-electron chi connectivity index (χ1n) is 35.1. The highest BCUT2D eigenvalue weighted by Crippen LogP contribution is 2.49. The largest absolute Gasteiger partial charge is 0.508 e. The molecule has 8 amide bonds. The molecule has 0 saturated heterocycles. The van der Waals surface area contributed by atoms with Gasteiger partial charge in [0.15, 0.2) is 23.0 Å². The number of nitrogens with two attached hydrogens (primary N) is 2. The number of ether oxygens (including phenoxy) is 3. The second kappa shape index (κ2) is 34.0. The number of carbonyl (C=O) groups is 8. The molecule has 107 heavy (non-hydrogen) atoms. The maximum absolute atomic E-state index is 16.2. The van der Waals surface area contributed by atoms with Crippen LogP contribution in [0.3, 0.4) is 0 Å². The van der Waals surface area contributed by atoms with Gasteiger partial charge in [-0.15, -0.1) is 0 Å². The molecular formula is C76H83Cl2N11O18. The number of nitrogens with one attached hydrogen (secondary N) is 9. The number of halogens is 2. The number of phenolic OH excluding ortho intramolecular Hbond substituents is 6. The molecule has 0 spiro atoms. The summed E-state index contributed by atoms with van der Waals surface area (Å²) in [7, 11) is 1.24. The van der Waals surface area contributed by atoms with Gasteiger partial charge in [0.1, 0.15) is 88.6 Å². The molecule has 6 aliphatic rings. The highest BCUT2D eigenvalue weighted by molar-refractivity contribution is 6.32. The van der Waals surface area contributed by atoms with Gasteiger partial charge in [0.2, 0.25) is 53.0 Å². The maximum atomic E-state index is 16.2. The Labute approximate surface area is 624 Å². The summed E-state index contributed by atoms with van der Waals surface area (Å²) in [5.41, 5.74) is 10.2. The standard InChI is InChI=1S/C76H83Cl2N11O18/c1-3-4-5-6-7-8-9-12-23-82-35-46-53(93)34-45-59(67(46)95)44-28-37(15-18-51(44)91)60-73(101)89-65(76(104)88-64(45)71(99)81-2)66(94)39-17-21-55(48(78)29-39)107-58-32-41-31-57(68(58)96)106-54-20-14-36(24-47(54)77)25-50-70(98)85-62(74(102)87-63(41)75(103)86-60)40-26-42(90)33-43(27-40)105-56-30-38(16-19-52(56)92)61(72(100)83-50)84-69(97)49(80)13-10-11-22-79/h14-21,24,26-34,49-50,60-66,82,90-96H,3-13,22-23,25,35,79-80H2,1-2H3,(H,81,99)(H,83,100)(H,84,97)(H,85,98)(H,86,103)(H,87,102)(H,88,104)(H,89,101)/t49-,50+,60+,61+,62-,63+,64-,65-,66+/m0/s1. The van der Waals surface area contributed by atoms with Crippen LogP contribution in [0.15, 0.2) is 109 Å². The number of rotatable bonds is 18. The number of hydrogen-bond acceptors (Lipinski definition) is 21. The number of carbonyl (C=O) groups excluding carboxylic acids is 8. The SMILES string of the molecule is CCCCCCCCCCNCc1c(O)cc2c(c1O)-c1cc(ccc1O)[C@H]1NC(=O)[C@@H]3NC(=O)[C@H]4NC(=O)[C@@H](Cc5ccc(c(Cl)c5)Oc5cc3cc(c5O)Oc3ccc(cc3Cl)[C@@H](O)[C@H](NC1=O)C(=O)N[C@@H]2C(=O)NC)NC(=O)[C@H](NC(=O)[C@@H](N)CCCCN)c1ccc(O)c(c1)Oc1cc(O)cc4c1. The molecule has 20 N–H and O–H groups in total. The van der Waals surface area contributed by atoms with Gasteiger partial charge < -0.3 is 109 Å². The van der Waals surface area contributed by atoms with E-state index in [-0.39, 0.29) is 102 Å². The number of benzene rings is 7. The van der Waals surface area contributed by atoms with Crippen LogP contribution in [-0.2, 0) is 51.3 Å². The van der Waals surface area contributed by atoms with Gasteiger partial charge in [-0.25, -0.2) is 0 Å². The van der Waals surface area contributed by atoms with E-state index in [0.717, 1.165) is 93.8 Å². The number of likely N-dealkylation sites (N-methyl/N-ethyl adjacent to an activating group) is 1. The summed E-state index contributed by atoms with van der Waals surface area (Å²) in [6.07, 6.45) is 6.87. The van der Waals surface area contributed by atoms with Gasteiger partial charge in [-0.1, -0.05) is 106 Å². The molecule has 6 aliphatic heterocycles. The van der Waals surface area contributed by atoms with Crippen LogP contribution >= 0.6 is 23.2 Å². The van der Waals surface area contributed by atoms with Gasteiger partial charge in [0.25, 0.3) is 0 Å². The van der Waals surface area contributed by atoms with E-state index in [1.165, 1.54) is 73.8 Å². The topological polar surface area (TPSA) is 466 Å². The molecule has 9 atom stereocenters. The third-order valence-corrected chi connectivity index (χ3v) is 19.6. The number of amides is 8. The quantitative estimate of drug-likeness (QED) is 0.0370. The van der Waals surface area contributed by atoms with Gasteiger partial charge in [-0.3, -0.25) is 38.4 Å². The molecule has 13 rings (SSSR count). The first-order valence-corrected chi connectivity index (χ1v) is 35.8. The number of aliphatic hydroxyl groups is 1. The van der Waals surface area contributed by atoms with E-state index in [1.807, 2.05) is 0 Å². The molecule has 0 radical (unpaired) electrons. The molecule has 0 aliphatic carbocycles. The first kappa shape index (κ1) is 77.0. The highest BCUT2D eigenvalue weighted by Gasteiger charge is 2.42. The summed E-state index contributed by atoms with van der Waals surface area (Å²) in [5.74, 6) is -14.8. The van der Waals surface area contributed by atoms with Crippen LogP contribution in [0.2, 0.25) is 10.0 Å². The third kappa shape index (κ3) is 17.6. The molecule has 0 unspecified atom stereocenters. The number of fused-ring (bicyclic) bond motifs is 14. The van der Waals surface area contributed by atoms with Crippen LogP contribution in [-0.4, -0.2) is 121 Å². The van der Waals surface area contributed by atoms with Crippen LogP contribution in [0.25, 0.3) is 11.1 Å². The zero-order valence-electron chi connectivity index (χ0n) is 58.2. The summed E-state index contributed by atoms with van der Waals surface area (Å²) in [6, 6.07) is 6.67. The molecule has 31 heteroatoms. The van der Waals surface area contributed by atoms with Gasteiger partial charge in [-0.2, -0.15) is 0 Å². The van der Waals surface area contributed by atoms with Gasteiger partial charge in [0, 0.05) is 37.2 Å². The average Bonchev–Trinajstić information content (AvgIpc) is 0.755. The van der Waals surface area contributed by atoms with Crippen molar-refractivity contribution in [3.05, 3.63) is 164 Å². The van der Waals surface area contributed by atoms with E-state index in [9.17, 15) is 45.3 Å². The minimum atomic E-state index is -2.21. The fourth-order valence-electron chi connectivity index (χ4n) is 13.2. The molecule has 0 fully saturated rings. The lowest BCUT2D eigenvalue weighted by Crippen LogP contribution is -2.56. The lowest BCUT2D eigenvalue weighted by molar-refractivity contribution is -0.137. The molecule has 6 heterocycles. The molecular weight excluding hydrogens is 1430 g/mol. The van der Waals surface area contributed by atoms with Crippen molar-refractivity contribution in [2.24, 2.45) is 11.5 Å². The van der Waals surface area contributed by atoms with Crippen LogP contribution in [0.1, 0.15) is 158 Å². The molecule has 0 aromatic heterocycles. The van der Waals surface area contributed by atoms with Crippen LogP contribution < -0.4 is 73.5 Å². The van der Waals surface area contributed by atoms with Crippen LogP contribution in [0.4, 0.5) is 0 Å². The minimum Gasteiger partial charge on any atom is -0.508 e. The third-order valence-electron chi connectivity index (χ3n) is 19.0. The number of aliphatic hydroxyl groups excluding tert-OH is 1. The fraction of sp³-hybridized carbons (Fsp3) is 0.342. The van der Waals surface area contributed by atoms with E-state index in [0.29, 0.717) is 25.9 Å². The molecule has 0 saturated carbocycles. The number of hydrogen-bond donors (Lipinski definition) is 18. The second-order valence-corrected chi connectivity index (χ2v) is 27.5. The van der Waals surface area contributed by atoms with E-state index in [1.54, 1.807) is 0 Å². The van der Waals surface area contributed by atoms with Crippen molar-refractivity contribution < 1.29 is 88.3 Å². The zero-order valence-corrected chi connectivity index (χ0v) is 59.7. The predicted octanol–water partition coefficient (Wildman–Crippen LogP) is 7.49. The van der Waals surface area contributed by atoms with E-state index >= 15 is 28.8 Å².